The van der Waals surface area contributed by atoms with Gasteiger partial charge in [-0.05, 0) is 41.5 Å². The third kappa shape index (κ3) is 5.39. The summed E-state index contributed by atoms with van der Waals surface area (Å²) in [7, 11) is 0. The molecule has 0 unspecified atom stereocenters. The van der Waals surface area contributed by atoms with Gasteiger partial charge < -0.3 is 19.5 Å². The zero-order chi connectivity index (χ0) is 19.2. The van der Waals surface area contributed by atoms with Crippen LogP contribution in [0.3, 0.4) is 0 Å². The summed E-state index contributed by atoms with van der Waals surface area (Å²) in [5, 5.41) is 3.58. The molecule has 0 spiro atoms. The van der Waals surface area contributed by atoms with E-state index in [-0.39, 0.29) is 13.3 Å². The van der Waals surface area contributed by atoms with Crippen molar-refractivity contribution in [1.29, 1.82) is 0 Å². The molecule has 6 nitrogen and oxygen atoms in total. The first kappa shape index (κ1) is 19.1. The van der Waals surface area contributed by atoms with E-state index in [1.54, 1.807) is 42.5 Å². The molecular weight excluding hydrogens is 393 g/mol. The Balaban J connectivity index is 1.43. The number of hydrogen-bond acceptors (Lipinski definition) is 5. The monoisotopic (exact) mass is 407 g/mol. The molecule has 3 rings (SSSR count). The average Bonchev–Trinajstić information content (AvgIpc) is 3.11. The summed E-state index contributed by atoms with van der Waals surface area (Å²) in [5.41, 5.74) is 1.46. The Morgan fingerprint density at radius 3 is 2.74 bits per heavy atom. The van der Waals surface area contributed by atoms with Crippen molar-refractivity contribution in [3.63, 3.8) is 0 Å². The molecule has 0 saturated carbocycles. The second-order valence-electron chi connectivity index (χ2n) is 5.57. The molecule has 0 fully saturated rings. The van der Waals surface area contributed by atoms with Gasteiger partial charge in [-0.2, -0.15) is 0 Å². The summed E-state index contributed by atoms with van der Waals surface area (Å²) in [6.07, 6.45) is 2.80. The largest absolute Gasteiger partial charge is 0.454 e. The number of amides is 1. The van der Waals surface area contributed by atoms with Crippen LogP contribution in [0.2, 0.25) is 10.0 Å². The number of carbonyl (C=O) groups excluding carboxylic acids is 2. The van der Waals surface area contributed by atoms with Crippen molar-refractivity contribution in [2.45, 2.75) is 6.54 Å². The molecule has 0 radical (unpaired) electrons. The van der Waals surface area contributed by atoms with Crippen LogP contribution >= 0.6 is 23.2 Å². The van der Waals surface area contributed by atoms with E-state index in [1.807, 2.05) is 0 Å². The van der Waals surface area contributed by atoms with E-state index >= 15 is 0 Å². The molecule has 1 N–H and O–H groups in total. The van der Waals surface area contributed by atoms with Crippen LogP contribution in [0.5, 0.6) is 11.5 Å². The van der Waals surface area contributed by atoms with Crippen molar-refractivity contribution >= 4 is 41.2 Å². The number of hydrogen-bond donors (Lipinski definition) is 1. The smallest absolute Gasteiger partial charge is 0.331 e. The molecule has 140 valence electrons. The van der Waals surface area contributed by atoms with Gasteiger partial charge in [0.1, 0.15) is 0 Å². The van der Waals surface area contributed by atoms with Gasteiger partial charge in [-0.3, -0.25) is 4.79 Å². The SMILES string of the molecule is O=C(COC(=O)/C=C/c1ccc2c(c1)OCO2)NCc1ccc(Cl)cc1Cl. The molecule has 27 heavy (non-hydrogen) atoms. The van der Waals surface area contributed by atoms with E-state index in [1.165, 1.54) is 6.08 Å². The summed E-state index contributed by atoms with van der Waals surface area (Å²) >= 11 is 11.8. The molecule has 0 bridgehead atoms. The number of ether oxygens (including phenoxy) is 3. The van der Waals surface area contributed by atoms with Gasteiger partial charge in [0.2, 0.25) is 6.79 Å². The second-order valence-corrected chi connectivity index (χ2v) is 6.41. The molecule has 1 aliphatic rings. The second kappa shape index (κ2) is 8.79. The van der Waals surface area contributed by atoms with E-state index < -0.39 is 18.5 Å². The summed E-state index contributed by atoms with van der Waals surface area (Å²) in [5.74, 6) is 0.205. The highest BCUT2D eigenvalue weighted by atomic mass is 35.5. The summed E-state index contributed by atoms with van der Waals surface area (Å²) in [6.45, 7) is -0.00414. The lowest BCUT2D eigenvalue weighted by atomic mass is 10.2. The van der Waals surface area contributed by atoms with Crippen molar-refractivity contribution < 1.29 is 23.8 Å². The van der Waals surface area contributed by atoms with Gasteiger partial charge in [0, 0.05) is 22.7 Å². The molecule has 0 saturated heterocycles. The standard InChI is InChI=1S/C19H15Cl2NO5/c20-14-4-3-13(15(21)8-14)9-22-18(23)10-25-19(24)6-2-12-1-5-16-17(7-12)27-11-26-16/h1-8H,9-11H2,(H,22,23)/b6-2+. The predicted molar refractivity (Wildman–Crippen MR) is 101 cm³/mol. The van der Waals surface area contributed by atoms with Crippen molar-refractivity contribution in [3.8, 4) is 11.5 Å². The number of esters is 1. The molecule has 1 amide bonds. The van der Waals surface area contributed by atoms with Gasteiger partial charge in [0.25, 0.3) is 5.91 Å². The minimum Gasteiger partial charge on any atom is -0.454 e. The highest BCUT2D eigenvalue weighted by Gasteiger charge is 2.12. The highest BCUT2D eigenvalue weighted by molar-refractivity contribution is 6.35. The molecule has 8 heteroatoms. The van der Waals surface area contributed by atoms with Crippen LogP contribution in [0.1, 0.15) is 11.1 Å². The van der Waals surface area contributed by atoms with E-state index in [9.17, 15) is 9.59 Å². The van der Waals surface area contributed by atoms with Crippen molar-refractivity contribution in [2.24, 2.45) is 0 Å². The van der Waals surface area contributed by atoms with Gasteiger partial charge in [-0.1, -0.05) is 35.3 Å². The van der Waals surface area contributed by atoms with E-state index in [4.69, 9.17) is 37.4 Å². The third-order valence-electron chi connectivity index (χ3n) is 3.65. The van der Waals surface area contributed by atoms with E-state index in [0.717, 1.165) is 5.56 Å². The van der Waals surface area contributed by atoms with Crippen LogP contribution in [-0.4, -0.2) is 25.3 Å². The fourth-order valence-corrected chi connectivity index (χ4v) is 2.75. The van der Waals surface area contributed by atoms with E-state index in [2.05, 4.69) is 5.32 Å². The first-order valence-corrected chi connectivity index (χ1v) is 8.72. The number of benzene rings is 2. The van der Waals surface area contributed by atoms with Crippen LogP contribution in [0.15, 0.2) is 42.5 Å². The number of nitrogens with one attached hydrogen (secondary N) is 1. The Morgan fingerprint density at radius 1 is 1.11 bits per heavy atom. The quantitative estimate of drug-likeness (QED) is 0.584. The lowest BCUT2D eigenvalue weighted by Gasteiger charge is -2.07. The molecule has 0 aliphatic carbocycles. The van der Waals surface area contributed by atoms with Crippen LogP contribution in [-0.2, 0) is 20.9 Å². The molecule has 0 atom stereocenters. The topological polar surface area (TPSA) is 73.9 Å². The lowest BCUT2D eigenvalue weighted by Crippen LogP contribution is -2.28. The highest BCUT2D eigenvalue weighted by Crippen LogP contribution is 2.32. The Kier molecular flexibility index (Phi) is 6.21. The number of rotatable bonds is 6. The normalized spacial score (nSPS) is 12.2. The fourth-order valence-electron chi connectivity index (χ4n) is 2.28. The third-order valence-corrected chi connectivity index (χ3v) is 4.23. The molecular formula is C19H15Cl2NO5. The predicted octanol–water partition coefficient (Wildman–Crippen LogP) is 3.59. The first-order valence-electron chi connectivity index (χ1n) is 7.96. The van der Waals surface area contributed by atoms with Crippen LogP contribution in [0.25, 0.3) is 6.08 Å². The lowest BCUT2D eigenvalue weighted by molar-refractivity contribution is -0.143. The zero-order valence-corrected chi connectivity index (χ0v) is 15.5. The molecule has 2 aromatic carbocycles. The first-order chi connectivity index (χ1) is 13.0. The minimum atomic E-state index is -0.632. The van der Waals surface area contributed by atoms with E-state index in [0.29, 0.717) is 27.1 Å². The Hall–Kier alpha value is -2.70. The van der Waals surface area contributed by atoms with Crippen LogP contribution in [0, 0.1) is 0 Å². The number of fused-ring (bicyclic) bond motifs is 1. The summed E-state index contributed by atoms with van der Waals surface area (Å²) in [6, 6.07) is 10.3. The Labute approximate surface area is 165 Å². The van der Waals surface area contributed by atoms with Gasteiger partial charge in [0.05, 0.1) is 0 Å². The van der Waals surface area contributed by atoms with Crippen LogP contribution < -0.4 is 14.8 Å². The van der Waals surface area contributed by atoms with Crippen LogP contribution in [0.4, 0.5) is 0 Å². The average molecular weight is 408 g/mol. The number of carbonyl (C=O) groups is 2. The maximum atomic E-state index is 11.8. The van der Waals surface area contributed by atoms with Crippen molar-refractivity contribution in [2.75, 3.05) is 13.4 Å². The van der Waals surface area contributed by atoms with Crippen molar-refractivity contribution in [3.05, 3.63) is 63.6 Å². The van der Waals surface area contributed by atoms with Crippen molar-refractivity contribution in [1.82, 2.24) is 5.32 Å². The Bertz CT molecular complexity index is 898. The minimum absolute atomic E-state index is 0.181. The van der Waals surface area contributed by atoms with Gasteiger partial charge >= 0.3 is 5.97 Å². The maximum absolute atomic E-state index is 11.8. The van der Waals surface area contributed by atoms with Gasteiger partial charge in [-0.15, -0.1) is 0 Å². The molecule has 1 aliphatic heterocycles. The van der Waals surface area contributed by atoms with Gasteiger partial charge in [-0.25, -0.2) is 4.79 Å². The fraction of sp³-hybridized carbons (Fsp3) is 0.158. The Morgan fingerprint density at radius 2 is 1.93 bits per heavy atom. The van der Waals surface area contributed by atoms with Gasteiger partial charge in [0.15, 0.2) is 18.1 Å². The summed E-state index contributed by atoms with van der Waals surface area (Å²) in [4.78, 5) is 23.5. The molecule has 1 heterocycles. The zero-order valence-electron chi connectivity index (χ0n) is 14.0. The molecule has 2 aromatic rings. The molecule has 0 aromatic heterocycles. The number of halogens is 2. The summed E-state index contributed by atoms with van der Waals surface area (Å²) < 4.78 is 15.4. The maximum Gasteiger partial charge on any atom is 0.331 e.